The van der Waals surface area contributed by atoms with Gasteiger partial charge in [-0.1, -0.05) is 32.0 Å². The first kappa shape index (κ1) is 15.9. The summed E-state index contributed by atoms with van der Waals surface area (Å²) in [4.78, 5) is 0.884. The van der Waals surface area contributed by atoms with Crippen molar-refractivity contribution in [3.05, 3.63) is 17.0 Å². The van der Waals surface area contributed by atoms with Crippen LogP contribution in [0.5, 0.6) is 0 Å². The third-order valence-electron chi connectivity index (χ3n) is 3.88. The minimum absolute atomic E-state index is 0.0964. The molecular formula is C13H20N2O2S3. The van der Waals surface area contributed by atoms with Crippen LogP contribution in [0.3, 0.4) is 0 Å². The van der Waals surface area contributed by atoms with E-state index in [2.05, 4.69) is 6.92 Å². The summed E-state index contributed by atoms with van der Waals surface area (Å²) in [7, 11) is -1.76. The van der Waals surface area contributed by atoms with Gasteiger partial charge < -0.3 is 5.73 Å². The lowest BCUT2D eigenvalue weighted by atomic mass is 9.87. The molecule has 0 aliphatic heterocycles. The maximum absolute atomic E-state index is 12.6. The number of nitrogens with two attached hydrogens (primary N) is 1. The van der Waals surface area contributed by atoms with Crippen molar-refractivity contribution in [3.8, 4) is 0 Å². The molecule has 0 radical (unpaired) electrons. The zero-order chi connectivity index (χ0) is 14.9. The van der Waals surface area contributed by atoms with Gasteiger partial charge in [-0.3, -0.25) is 0 Å². The topological polar surface area (TPSA) is 63.4 Å². The van der Waals surface area contributed by atoms with Crippen molar-refractivity contribution in [1.82, 2.24) is 4.31 Å². The molecule has 112 valence electrons. The summed E-state index contributed by atoms with van der Waals surface area (Å²) < 4.78 is 27.1. The normalized spacial score (nSPS) is 23.9. The third kappa shape index (κ3) is 3.21. The summed E-state index contributed by atoms with van der Waals surface area (Å²) >= 11 is 6.03. The van der Waals surface area contributed by atoms with E-state index >= 15 is 0 Å². The number of thiocarbonyl (C=S) groups is 1. The molecule has 1 aliphatic rings. The summed E-state index contributed by atoms with van der Waals surface area (Å²) in [5.41, 5.74) is 5.54. The van der Waals surface area contributed by atoms with Gasteiger partial charge in [0.25, 0.3) is 10.0 Å². The fourth-order valence-electron chi connectivity index (χ4n) is 2.66. The number of nitrogens with zero attached hydrogens (tertiary/aromatic N) is 1. The van der Waals surface area contributed by atoms with Gasteiger partial charge in [0.2, 0.25) is 0 Å². The monoisotopic (exact) mass is 332 g/mol. The van der Waals surface area contributed by atoms with Crippen molar-refractivity contribution < 1.29 is 8.42 Å². The Morgan fingerprint density at radius 1 is 1.45 bits per heavy atom. The zero-order valence-corrected chi connectivity index (χ0v) is 14.2. The van der Waals surface area contributed by atoms with Crippen molar-refractivity contribution in [3.63, 3.8) is 0 Å². The summed E-state index contributed by atoms with van der Waals surface area (Å²) in [6, 6.07) is 3.37. The van der Waals surface area contributed by atoms with Crippen LogP contribution in [0.1, 0.15) is 37.5 Å². The van der Waals surface area contributed by atoms with Crippen molar-refractivity contribution >= 4 is 38.6 Å². The molecule has 1 aromatic rings. The molecule has 0 amide bonds. The minimum Gasteiger partial charge on any atom is -0.389 e. The number of hydrogen-bond donors (Lipinski definition) is 1. The summed E-state index contributed by atoms with van der Waals surface area (Å²) in [5.74, 6) is 0.585. The predicted molar refractivity (Wildman–Crippen MR) is 86.6 cm³/mol. The van der Waals surface area contributed by atoms with Crippen LogP contribution < -0.4 is 5.73 Å². The maximum Gasteiger partial charge on any atom is 0.252 e. The zero-order valence-electron chi connectivity index (χ0n) is 11.7. The Kier molecular flexibility index (Phi) is 4.84. The first-order chi connectivity index (χ1) is 9.32. The van der Waals surface area contributed by atoms with Crippen LogP contribution in [0.25, 0.3) is 0 Å². The van der Waals surface area contributed by atoms with E-state index in [4.69, 9.17) is 18.0 Å². The van der Waals surface area contributed by atoms with Crippen LogP contribution in [-0.4, -0.2) is 30.8 Å². The Morgan fingerprint density at radius 2 is 2.15 bits per heavy atom. The molecule has 4 nitrogen and oxygen atoms in total. The van der Waals surface area contributed by atoms with Gasteiger partial charge in [-0.25, -0.2) is 8.42 Å². The molecule has 0 spiro atoms. The highest BCUT2D eigenvalue weighted by molar-refractivity contribution is 7.91. The fourth-order valence-corrected chi connectivity index (χ4v) is 5.60. The molecule has 1 heterocycles. The van der Waals surface area contributed by atoms with Gasteiger partial charge in [-0.2, -0.15) is 4.31 Å². The Hall–Kier alpha value is -0.500. The van der Waals surface area contributed by atoms with Crippen LogP contribution in [0, 0.1) is 5.92 Å². The molecule has 1 saturated carbocycles. The van der Waals surface area contributed by atoms with E-state index in [-0.39, 0.29) is 11.0 Å². The van der Waals surface area contributed by atoms with Crippen molar-refractivity contribution in [1.29, 1.82) is 0 Å². The lowest BCUT2D eigenvalue weighted by Gasteiger charge is -2.33. The molecule has 1 aliphatic carbocycles. The first-order valence-corrected chi connectivity index (χ1v) is 9.36. The molecule has 0 aromatic carbocycles. The lowest BCUT2D eigenvalue weighted by molar-refractivity contribution is 0.239. The highest BCUT2D eigenvalue weighted by Crippen LogP contribution is 2.31. The van der Waals surface area contributed by atoms with Crippen molar-refractivity contribution in [2.75, 3.05) is 7.05 Å². The van der Waals surface area contributed by atoms with Gasteiger partial charge in [0, 0.05) is 13.1 Å². The van der Waals surface area contributed by atoms with E-state index in [0.717, 1.165) is 30.6 Å². The molecule has 1 aromatic heterocycles. The van der Waals surface area contributed by atoms with Gasteiger partial charge >= 0.3 is 0 Å². The SMILES string of the molecule is CC1CCCC(N(C)S(=O)(=O)c2ccc(C(N)=S)s2)C1. The smallest absolute Gasteiger partial charge is 0.252 e. The Balaban J connectivity index is 2.22. The van der Waals surface area contributed by atoms with E-state index in [0.29, 0.717) is 15.0 Å². The Bertz CT molecular complexity index is 595. The number of thiophene rings is 1. The van der Waals surface area contributed by atoms with Crippen LogP contribution in [0.4, 0.5) is 0 Å². The quantitative estimate of drug-likeness (QED) is 0.861. The second-order valence-corrected chi connectivity index (χ2v) is 9.18. The molecule has 1 fully saturated rings. The van der Waals surface area contributed by atoms with E-state index in [1.165, 1.54) is 10.7 Å². The predicted octanol–water partition coefficient (Wildman–Crippen LogP) is 2.58. The second-order valence-electron chi connectivity index (χ2n) is 5.43. The molecule has 2 unspecified atom stereocenters. The average Bonchev–Trinajstić information content (AvgIpc) is 2.88. The van der Waals surface area contributed by atoms with E-state index in [1.54, 1.807) is 19.2 Å². The highest BCUT2D eigenvalue weighted by atomic mass is 32.2. The molecule has 0 saturated heterocycles. The van der Waals surface area contributed by atoms with Gasteiger partial charge in [0.15, 0.2) is 0 Å². The third-order valence-corrected chi connectivity index (χ3v) is 7.73. The largest absolute Gasteiger partial charge is 0.389 e. The molecule has 2 atom stereocenters. The molecule has 2 rings (SSSR count). The van der Waals surface area contributed by atoms with E-state index < -0.39 is 10.0 Å². The summed E-state index contributed by atoms with van der Waals surface area (Å²) in [6.07, 6.45) is 4.15. The Morgan fingerprint density at radius 3 is 2.70 bits per heavy atom. The van der Waals surface area contributed by atoms with Crippen LogP contribution in [0.2, 0.25) is 0 Å². The lowest BCUT2D eigenvalue weighted by Crippen LogP contribution is -2.39. The van der Waals surface area contributed by atoms with Gasteiger partial charge in [-0.15, -0.1) is 11.3 Å². The van der Waals surface area contributed by atoms with Crippen LogP contribution in [-0.2, 0) is 10.0 Å². The Labute approximate surface area is 130 Å². The first-order valence-electron chi connectivity index (χ1n) is 6.70. The van der Waals surface area contributed by atoms with Crippen LogP contribution in [0.15, 0.2) is 16.3 Å². The van der Waals surface area contributed by atoms with Gasteiger partial charge in [0.1, 0.15) is 9.20 Å². The molecule has 0 bridgehead atoms. The van der Waals surface area contributed by atoms with Crippen molar-refractivity contribution in [2.45, 2.75) is 42.9 Å². The number of rotatable bonds is 4. The van der Waals surface area contributed by atoms with Crippen molar-refractivity contribution in [2.24, 2.45) is 11.7 Å². The van der Waals surface area contributed by atoms with Gasteiger partial charge in [0.05, 0.1) is 4.88 Å². The molecular weight excluding hydrogens is 312 g/mol. The van der Waals surface area contributed by atoms with E-state index in [1.807, 2.05) is 0 Å². The standard InChI is InChI=1S/C13H20N2O2S3/c1-9-4-3-5-10(8-9)15(2)20(16,17)12-7-6-11(19-12)13(14)18/h6-7,9-10H,3-5,8H2,1-2H3,(H2,14,18). The molecule has 2 N–H and O–H groups in total. The number of hydrogen-bond acceptors (Lipinski definition) is 4. The highest BCUT2D eigenvalue weighted by Gasteiger charge is 2.32. The molecule has 20 heavy (non-hydrogen) atoms. The van der Waals surface area contributed by atoms with Gasteiger partial charge in [-0.05, 0) is 30.9 Å². The second kappa shape index (κ2) is 6.09. The fraction of sp³-hybridized carbons (Fsp3) is 0.615. The summed E-state index contributed by atoms with van der Waals surface area (Å²) in [5, 5.41) is 0. The van der Waals surface area contributed by atoms with Crippen LogP contribution >= 0.6 is 23.6 Å². The average molecular weight is 333 g/mol. The van der Waals surface area contributed by atoms with E-state index in [9.17, 15) is 8.42 Å². The number of sulfonamides is 1. The minimum atomic E-state index is -3.44. The summed E-state index contributed by atoms with van der Waals surface area (Å²) in [6.45, 7) is 2.18. The molecule has 7 heteroatoms. The maximum atomic E-state index is 12.6.